The van der Waals surface area contributed by atoms with Gasteiger partial charge in [0.15, 0.2) is 0 Å². The van der Waals surface area contributed by atoms with E-state index in [-0.39, 0.29) is 12.2 Å². The molecular formula is C13H22N2O3S2. The van der Waals surface area contributed by atoms with E-state index in [1.54, 1.807) is 10.4 Å². The summed E-state index contributed by atoms with van der Waals surface area (Å²) >= 11 is 1.37. The van der Waals surface area contributed by atoms with Crippen molar-refractivity contribution in [2.24, 2.45) is 0 Å². The number of sulfonamides is 1. The summed E-state index contributed by atoms with van der Waals surface area (Å²) in [5.41, 5.74) is 0. The Bertz CT molecular complexity index is 532. The van der Waals surface area contributed by atoms with Crippen molar-refractivity contribution in [3.63, 3.8) is 0 Å². The highest BCUT2D eigenvalue weighted by Crippen LogP contribution is 2.27. The number of hydrogen-bond acceptors (Lipinski definition) is 5. The first-order valence-electron chi connectivity index (χ1n) is 6.82. The summed E-state index contributed by atoms with van der Waals surface area (Å²) in [5.74, 6) is 0. The van der Waals surface area contributed by atoms with Gasteiger partial charge in [-0.3, -0.25) is 0 Å². The van der Waals surface area contributed by atoms with Crippen LogP contribution in [-0.4, -0.2) is 51.6 Å². The zero-order valence-corrected chi connectivity index (χ0v) is 13.8. The van der Waals surface area contributed by atoms with E-state index in [1.165, 1.54) is 11.3 Å². The minimum Gasteiger partial charge on any atom is -0.373 e. The molecule has 0 spiro atoms. The number of hydrogen-bond donors (Lipinski definition) is 1. The van der Waals surface area contributed by atoms with E-state index in [4.69, 9.17) is 4.74 Å². The number of rotatable bonds is 5. The van der Waals surface area contributed by atoms with Gasteiger partial charge in [0.05, 0.1) is 12.2 Å². The van der Waals surface area contributed by atoms with Crippen LogP contribution < -0.4 is 5.32 Å². The zero-order chi connectivity index (χ0) is 14.8. The van der Waals surface area contributed by atoms with Gasteiger partial charge in [-0.05, 0) is 46.0 Å². The molecule has 20 heavy (non-hydrogen) atoms. The molecule has 1 saturated heterocycles. The van der Waals surface area contributed by atoms with Gasteiger partial charge >= 0.3 is 0 Å². The quantitative estimate of drug-likeness (QED) is 0.889. The molecule has 0 bridgehead atoms. The molecule has 1 fully saturated rings. The standard InChI is InChI=1S/C13H22N2O3S2/c1-10-8-15(9-11(2)18-10)20(16,17)13-5-4-12(19-13)6-7-14-3/h4-5,10-11,14H,6-9H2,1-3H3. The van der Waals surface area contributed by atoms with Gasteiger partial charge in [0.25, 0.3) is 10.0 Å². The molecule has 5 nitrogen and oxygen atoms in total. The smallest absolute Gasteiger partial charge is 0.252 e. The van der Waals surface area contributed by atoms with Crippen LogP contribution in [0.2, 0.25) is 0 Å². The second-order valence-electron chi connectivity index (χ2n) is 5.15. The van der Waals surface area contributed by atoms with E-state index < -0.39 is 10.0 Å². The highest BCUT2D eigenvalue weighted by molar-refractivity contribution is 7.91. The number of ether oxygens (including phenoxy) is 1. The fourth-order valence-electron chi connectivity index (χ4n) is 2.33. The van der Waals surface area contributed by atoms with Gasteiger partial charge in [-0.25, -0.2) is 8.42 Å². The molecule has 0 amide bonds. The van der Waals surface area contributed by atoms with Crippen molar-refractivity contribution in [2.75, 3.05) is 26.7 Å². The van der Waals surface area contributed by atoms with Crippen molar-refractivity contribution < 1.29 is 13.2 Å². The molecule has 1 aromatic heterocycles. The average molecular weight is 318 g/mol. The Hall–Kier alpha value is -0.470. The van der Waals surface area contributed by atoms with Crippen LogP contribution in [0.4, 0.5) is 0 Å². The Morgan fingerprint density at radius 1 is 1.35 bits per heavy atom. The molecule has 1 aromatic rings. The van der Waals surface area contributed by atoms with Crippen LogP contribution in [0.25, 0.3) is 0 Å². The molecule has 1 aliphatic rings. The second kappa shape index (κ2) is 6.53. The van der Waals surface area contributed by atoms with Crippen molar-refractivity contribution in [3.8, 4) is 0 Å². The summed E-state index contributed by atoms with van der Waals surface area (Å²) < 4.78 is 32.8. The third-order valence-electron chi connectivity index (χ3n) is 3.24. The molecule has 0 radical (unpaired) electrons. The molecule has 2 rings (SSSR count). The van der Waals surface area contributed by atoms with E-state index >= 15 is 0 Å². The zero-order valence-electron chi connectivity index (χ0n) is 12.1. The number of likely N-dealkylation sites (N-methyl/N-ethyl adjacent to an activating group) is 1. The highest BCUT2D eigenvalue weighted by atomic mass is 32.2. The Morgan fingerprint density at radius 2 is 2.00 bits per heavy atom. The first-order valence-corrected chi connectivity index (χ1v) is 9.08. The predicted molar refractivity (Wildman–Crippen MR) is 80.7 cm³/mol. The fraction of sp³-hybridized carbons (Fsp3) is 0.692. The molecule has 1 aliphatic heterocycles. The van der Waals surface area contributed by atoms with Crippen LogP contribution in [0, 0.1) is 0 Å². The van der Waals surface area contributed by atoms with Crippen LogP contribution in [0.1, 0.15) is 18.7 Å². The van der Waals surface area contributed by atoms with Crippen molar-refractivity contribution in [1.29, 1.82) is 0 Å². The highest BCUT2D eigenvalue weighted by Gasteiger charge is 2.32. The van der Waals surface area contributed by atoms with E-state index in [2.05, 4.69) is 5.32 Å². The summed E-state index contributed by atoms with van der Waals surface area (Å²) in [5, 5.41) is 3.07. The van der Waals surface area contributed by atoms with Gasteiger partial charge in [-0.2, -0.15) is 4.31 Å². The monoisotopic (exact) mass is 318 g/mol. The topological polar surface area (TPSA) is 58.6 Å². The van der Waals surface area contributed by atoms with E-state index in [0.29, 0.717) is 17.3 Å². The normalized spacial score (nSPS) is 24.9. The number of nitrogens with zero attached hydrogens (tertiary/aromatic N) is 1. The molecule has 114 valence electrons. The van der Waals surface area contributed by atoms with Crippen LogP contribution in [0.5, 0.6) is 0 Å². The van der Waals surface area contributed by atoms with E-state index in [0.717, 1.165) is 17.8 Å². The van der Waals surface area contributed by atoms with Crippen LogP contribution >= 0.6 is 11.3 Å². The average Bonchev–Trinajstić information content (AvgIpc) is 2.84. The molecular weight excluding hydrogens is 296 g/mol. The van der Waals surface area contributed by atoms with Crippen molar-refractivity contribution in [3.05, 3.63) is 17.0 Å². The Kier molecular flexibility index (Phi) is 5.19. The van der Waals surface area contributed by atoms with Gasteiger partial charge in [-0.1, -0.05) is 0 Å². The Morgan fingerprint density at radius 3 is 2.60 bits per heavy atom. The van der Waals surface area contributed by atoms with Crippen LogP contribution in [0.3, 0.4) is 0 Å². The molecule has 1 N–H and O–H groups in total. The van der Waals surface area contributed by atoms with Gasteiger partial charge in [0.1, 0.15) is 4.21 Å². The molecule has 7 heteroatoms. The Balaban J connectivity index is 2.15. The van der Waals surface area contributed by atoms with E-state index in [1.807, 2.05) is 27.0 Å². The third-order valence-corrected chi connectivity index (χ3v) is 6.68. The lowest BCUT2D eigenvalue weighted by atomic mass is 10.3. The minimum absolute atomic E-state index is 0.0581. The maximum Gasteiger partial charge on any atom is 0.252 e. The maximum absolute atomic E-state index is 12.6. The SMILES string of the molecule is CNCCc1ccc(S(=O)(=O)N2CC(C)OC(C)C2)s1. The lowest BCUT2D eigenvalue weighted by molar-refractivity contribution is -0.0440. The van der Waals surface area contributed by atoms with Crippen molar-refractivity contribution in [2.45, 2.75) is 36.7 Å². The van der Waals surface area contributed by atoms with Crippen molar-refractivity contribution in [1.82, 2.24) is 9.62 Å². The maximum atomic E-state index is 12.6. The minimum atomic E-state index is -3.38. The van der Waals surface area contributed by atoms with Crippen molar-refractivity contribution >= 4 is 21.4 Å². The largest absolute Gasteiger partial charge is 0.373 e. The molecule has 0 aliphatic carbocycles. The molecule has 2 heterocycles. The number of nitrogens with one attached hydrogen (secondary N) is 1. The second-order valence-corrected chi connectivity index (χ2v) is 8.49. The predicted octanol–water partition coefficient (Wildman–Crippen LogP) is 1.31. The number of thiophene rings is 1. The number of morpholine rings is 1. The first-order chi connectivity index (χ1) is 9.43. The van der Waals surface area contributed by atoms with E-state index in [9.17, 15) is 8.42 Å². The summed E-state index contributed by atoms with van der Waals surface area (Å²) in [6.07, 6.45) is 0.738. The summed E-state index contributed by atoms with van der Waals surface area (Å²) in [6, 6.07) is 3.62. The van der Waals surface area contributed by atoms with Crippen LogP contribution in [-0.2, 0) is 21.2 Å². The lowest BCUT2D eigenvalue weighted by Crippen LogP contribution is -2.47. The van der Waals surface area contributed by atoms with Gasteiger partial charge in [0, 0.05) is 18.0 Å². The first kappa shape index (κ1) is 15.9. The fourth-order valence-corrected chi connectivity index (χ4v) is 5.43. The Labute approximate surface area is 125 Å². The summed E-state index contributed by atoms with van der Waals surface area (Å²) in [4.78, 5) is 1.09. The van der Waals surface area contributed by atoms with Gasteiger partial charge in [0.2, 0.25) is 0 Å². The summed E-state index contributed by atoms with van der Waals surface area (Å²) in [6.45, 7) is 5.52. The molecule has 0 aromatic carbocycles. The molecule has 2 atom stereocenters. The molecule has 2 unspecified atom stereocenters. The van der Waals surface area contributed by atoms with Gasteiger partial charge < -0.3 is 10.1 Å². The third kappa shape index (κ3) is 3.59. The van der Waals surface area contributed by atoms with Gasteiger partial charge in [-0.15, -0.1) is 11.3 Å². The molecule has 0 saturated carbocycles. The lowest BCUT2D eigenvalue weighted by Gasteiger charge is -2.34. The summed E-state index contributed by atoms with van der Waals surface area (Å²) in [7, 11) is -1.49. The van der Waals surface area contributed by atoms with Crippen LogP contribution in [0.15, 0.2) is 16.3 Å².